The molecule has 31 heavy (non-hydrogen) atoms. The van der Waals surface area contributed by atoms with E-state index in [0.717, 1.165) is 39.2 Å². The Bertz CT molecular complexity index is 1420. The third-order valence-electron chi connectivity index (χ3n) is 5.13. The fourth-order valence-corrected chi connectivity index (χ4v) is 3.58. The van der Waals surface area contributed by atoms with Gasteiger partial charge in [-0.05, 0) is 48.9 Å². The third-order valence-corrected chi connectivity index (χ3v) is 5.56. The first kappa shape index (κ1) is 19.3. The molecule has 0 radical (unpaired) electrons. The molecule has 0 amide bonds. The maximum absolute atomic E-state index is 6.10. The monoisotopic (exact) mass is 434 g/mol. The molecule has 0 atom stereocenters. The molecule has 0 aliphatic carbocycles. The van der Waals surface area contributed by atoms with Crippen molar-refractivity contribution in [3.8, 4) is 22.9 Å². The topological polar surface area (TPSA) is 79.4 Å². The van der Waals surface area contributed by atoms with Crippen LogP contribution < -0.4 is 9.47 Å². The molecule has 5 rings (SSSR count). The van der Waals surface area contributed by atoms with Crippen molar-refractivity contribution in [2.24, 2.45) is 7.05 Å². The second-order valence-corrected chi connectivity index (χ2v) is 7.59. The van der Waals surface area contributed by atoms with Crippen LogP contribution in [0, 0.1) is 6.92 Å². The summed E-state index contributed by atoms with van der Waals surface area (Å²) in [6.07, 6.45) is 3.39. The lowest BCUT2D eigenvalue weighted by Crippen LogP contribution is -2.00. The van der Waals surface area contributed by atoms with Gasteiger partial charge in [-0.2, -0.15) is 5.10 Å². The summed E-state index contributed by atoms with van der Waals surface area (Å²) >= 11 is 6.10. The number of nitrogens with zero attached hydrogens (tertiary/aromatic N) is 6. The molecule has 0 aliphatic heterocycles. The van der Waals surface area contributed by atoms with Crippen LogP contribution in [0.1, 0.15) is 11.1 Å². The van der Waals surface area contributed by atoms with Crippen molar-refractivity contribution in [1.29, 1.82) is 0 Å². The fraction of sp³-hybridized carbons (Fsp3) is 0.182. The Balaban J connectivity index is 1.50. The van der Waals surface area contributed by atoms with Crippen LogP contribution in [0.3, 0.4) is 0 Å². The van der Waals surface area contributed by atoms with Crippen LogP contribution in [0.25, 0.3) is 28.1 Å². The highest BCUT2D eigenvalue weighted by Gasteiger charge is 2.14. The highest BCUT2D eigenvalue weighted by molar-refractivity contribution is 6.31. The number of aromatic nitrogens is 6. The number of halogens is 1. The van der Waals surface area contributed by atoms with E-state index >= 15 is 0 Å². The zero-order valence-electron chi connectivity index (χ0n) is 17.2. The van der Waals surface area contributed by atoms with Crippen LogP contribution in [0.2, 0.25) is 5.02 Å². The first-order valence-corrected chi connectivity index (χ1v) is 10.0. The van der Waals surface area contributed by atoms with E-state index in [2.05, 4.69) is 15.2 Å². The lowest BCUT2D eigenvalue weighted by Gasteiger charge is -2.12. The Labute approximate surface area is 183 Å². The van der Waals surface area contributed by atoms with Crippen LogP contribution in [-0.2, 0) is 13.7 Å². The van der Waals surface area contributed by atoms with Crippen molar-refractivity contribution in [3.05, 3.63) is 65.1 Å². The second-order valence-electron chi connectivity index (χ2n) is 7.18. The maximum atomic E-state index is 6.10. The van der Waals surface area contributed by atoms with Crippen molar-refractivity contribution < 1.29 is 9.47 Å². The third kappa shape index (κ3) is 3.44. The first-order valence-electron chi connectivity index (χ1n) is 9.63. The quantitative estimate of drug-likeness (QED) is 0.412. The maximum Gasteiger partial charge on any atom is 0.182 e. The molecule has 0 spiro atoms. The van der Waals surface area contributed by atoms with Gasteiger partial charge in [0.25, 0.3) is 0 Å². The van der Waals surface area contributed by atoms with Crippen molar-refractivity contribution in [2.45, 2.75) is 13.5 Å². The highest BCUT2D eigenvalue weighted by Crippen LogP contribution is 2.28. The molecule has 0 bridgehead atoms. The predicted octanol–water partition coefficient (Wildman–Crippen LogP) is 4.23. The van der Waals surface area contributed by atoms with E-state index in [1.54, 1.807) is 28.8 Å². The molecule has 0 N–H and O–H groups in total. The summed E-state index contributed by atoms with van der Waals surface area (Å²) in [6, 6.07) is 11.4. The van der Waals surface area contributed by atoms with E-state index in [1.807, 2.05) is 50.4 Å². The summed E-state index contributed by atoms with van der Waals surface area (Å²) in [5.74, 6) is 2.06. The molecular weight excluding hydrogens is 416 g/mol. The summed E-state index contributed by atoms with van der Waals surface area (Å²) in [4.78, 5) is 9.13. The Morgan fingerprint density at radius 3 is 2.77 bits per heavy atom. The number of hydrogen-bond donors (Lipinski definition) is 0. The summed E-state index contributed by atoms with van der Waals surface area (Å²) in [5.41, 5.74) is 4.17. The number of rotatable bonds is 5. The van der Waals surface area contributed by atoms with E-state index in [9.17, 15) is 0 Å². The molecule has 0 saturated carbocycles. The van der Waals surface area contributed by atoms with Gasteiger partial charge in [-0.1, -0.05) is 11.6 Å². The molecule has 5 aromatic rings. The predicted molar refractivity (Wildman–Crippen MR) is 118 cm³/mol. The molecule has 8 nitrogen and oxygen atoms in total. The first-order chi connectivity index (χ1) is 15.0. The number of hydrogen-bond acceptors (Lipinski definition) is 6. The molecule has 0 saturated heterocycles. The summed E-state index contributed by atoms with van der Waals surface area (Å²) < 4.78 is 14.9. The highest BCUT2D eigenvalue weighted by atomic mass is 35.5. The van der Waals surface area contributed by atoms with Gasteiger partial charge in [0.1, 0.15) is 24.4 Å². The normalized spacial score (nSPS) is 11.4. The minimum absolute atomic E-state index is 0.333. The van der Waals surface area contributed by atoms with Gasteiger partial charge < -0.3 is 9.47 Å². The van der Waals surface area contributed by atoms with E-state index < -0.39 is 0 Å². The van der Waals surface area contributed by atoms with Gasteiger partial charge in [0.2, 0.25) is 0 Å². The summed E-state index contributed by atoms with van der Waals surface area (Å²) in [7, 11) is 3.49. The molecule has 3 aromatic heterocycles. The zero-order chi connectivity index (χ0) is 21.5. The molecule has 0 fully saturated rings. The fourth-order valence-electron chi connectivity index (χ4n) is 3.46. The molecule has 0 aliphatic rings. The number of benzene rings is 2. The van der Waals surface area contributed by atoms with E-state index in [-0.39, 0.29) is 0 Å². The van der Waals surface area contributed by atoms with Crippen molar-refractivity contribution in [2.75, 3.05) is 7.11 Å². The minimum atomic E-state index is 0.333. The Hall–Kier alpha value is -3.65. The van der Waals surface area contributed by atoms with E-state index in [4.69, 9.17) is 26.1 Å². The number of ether oxygens (including phenoxy) is 2. The van der Waals surface area contributed by atoms with Gasteiger partial charge >= 0.3 is 0 Å². The van der Waals surface area contributed by atoms with E-state index in [0.29, 0.717) is 23.1 Å². The SMILES string of the molecule is COc1ccc(-c2nc3c4cnn(C)c4ncn3n2)cc1COc1ccc(Cl)c(C)c1. The standard InChI is InChI=1S/C22H19ClN6O2/c1-13-8-16(5-6-18(13)23)31-11-15-9-14(4-7-19(15)30-3)20-26-22-17-10-25-28(2)21(17)24-12-29(22)27-20/h4-10,12H,11H2,1-3H3. The lowest BCUT2D eigenvalue weighted by atomic mass is 10.1. The van der Waals surface area contributed by atoms with Crippen molar-refractivity contribution in [1.82, 2.24) is 29.4 Å². The Morgan fingerprint density at radius 2 is 1.97 bits per heavy atom. The molecular formula is C22H19ClN6O2. The second kappa shape index (κ2) is 7.55. The van der Waals surface area contributed by atoms with Gasteiger partial charge in [-0.3, -0.25) is 4.68 Å². The lowest BCUT2D eigenvalue weighted by molar-refractivity contribution is 0.296. The van der Waals surface area contributed by atoms with Crippen LogP contribution >= 0.6 is 11.6 Å². The molecule has 156 valence electrons. The smallest absolute Gasteiger partial charge is 0.182 e. The number of aryl methyl sites for hydroxylation is 2. The summed E-state index contributed by atoms with van der Waals surface area (Å²) in [6.45, 7) is 2.28. The number of methoxy groups -OCH3 is 1. The Kier molecular flexibility index (Phi) is 4.71. The molecule has 2 aromatic carbocycles. The van der Waals surface area contributed by atoms with Crippen LogP contribution in [-0.4, -0.2) is 36.5 Å². The van der Waals surface area contributed by atoms with Crippen molar-refractivity contribution in [3.63, 3.8) is 0 Å². The minimum Gasteiger partial charge on any atom is -0.496 e. The Morgan fingerprint density at radius 1 is 1.10 bits per heavy atom. The van der Waals surface area contributed by atoms with Crippen LogP contribution in [0.5, 0.6) is 11.5 Å². The average molecular weight is 435 g/mol. The van der Waals surface area contributed by atoms with Gasteiger partial charge in [0.15, 0.2) is 17.1 Å². The average Bonchev–Trinajstić information content (AvgIpc) is 3.38. The van der Waals surface area contributed by atoms with Gasteiger partial charge in [0.05, 0.1) is 18.7 Å². The van der Waals surface area contributed by atoms with Crippen molar-refractivity contribution >= 4 is 28.3 Å². The molecule has 3 heterocycles. The zero-order valence-corrected chi connectivity index (χ0v) is 18.0. The van der Waals surface area contributed by atoms with Gasteiger partial charge in [0, 0.05) is 23.2 Å². The van der Waals surface area contributed by atoms with Gasteiger partial charge in [-0.25, -0.2) is 14.5 Å². The van der Waals surface area contributed by atoms with Gasteiger partial charge in [-0.15, -0.1) is 5.10 Å². The molecule has 0 unspecified atom stereocenters. The molecule has 9 heteroatoms. The number of fused-ring (bicyclic) bond motifs is 3. The largest absolute Gasteiger partial charge is 0.496 e. The van der Waals surface area contributed by atoms with Crippen LogP contribution in [0.15, 0.2) is 48.9 Å². The summed E-state index contributed by atoms with van der Waals surface area (Å²) in [5, 5.41) is 10.4. The van der Waals surface area contributed by atoms with Crippen LogP contribution in [0.4, 0.5) is 0 Å². The van der Waals surface area contributed by atoms with E-state index in [1.165, 1.54) is 0 Å².